The monoisotopic (exact) mass is 543 g/mol. The molecule has 0 bridgehead atoms. The van der Waals surface area contributed by atoms with Gasteiger partial charge in [-0.25, -0.2) is 0 Å². The lowest BCUT2D eigenvalue weighted by Crippen LogP contribution is -2.47. The van der Waals surface area contributed by atoms with Crippen LogP contribution in [0.2, 0.25) is 0 Å². The molecule has 6 nitrogen and oxygen atoms in total. The molecule has 0 radical (unpaired) electrons. The van der Waals surface area contributed by atoms with Gasteiger partial charge in [-0.15, -0.1) is 0 Å². The van der Waals surface area contributed by atoms with E-state index in [1.165, 1.54) is 16.7 Å². The van der Waals surface area contributed by atoms with Crippen LogP contribution in [0.3, 0.4) is 0 Å². The van der Waals surface area contributed by atoms with Crippen molar-refractivity contribution in [3.8, 4) is 0 Å². The number of aryl methyl sites for hydroxylation is 2. The maximum absolute atomic E-state index is 14.0. The number of hydrogen-bond donors (Lipinski definition) is 1. The van der Waals surface area contributed by atoms with E-state index >= 15 is 0 Å². The molecule has 0 unspecified atom stereocenters. The van der Waals surface area contributed by atoms with Crippen LogP contribution < -0.4 is 10.9 Å². The first-order valence-electron chi connectivity index (χ1n) is 12.9. The molecule has 1 N–H and O–H groups in total. The number of ether oxygens (including phenoxy) is 1. The number of hydrogen-bond acceptors (Lipinski definition) is 4. The van der Waals surface area contributed by atoms with Crippen molar-refractivity contribution in [1.29, 1.82) is 0 Å². The van der Waals surface area contributed by atoms with E-state index in [4.69, 9.17) is 4.74 Å². The van der Waals surface area contributed by atoms with Crippen LogP contribution in [-0.2, 0) is 29.5 Å². The standard InChI is InChI=1S/C28H38BrN3O3/c1-4-35-13-5-6-21-14-20(15-26(29)19(21)2)18-32(23-7-8-23)28(34)25-17-30-11-9-24(25)22-10-12-31(3)27(33)16-22/h10,12,14-16,23-25,30H,4-9,11,13,17-18H2,1-3H3/t24-,25+/m0/s1. The fourth-order valence-corrected chi connectivity index (χ4v) is 5.70. The molecule has 1 aromatic carbocycles. The number of piperidine rings is 1. The Morgan fingerprint density at radius 1 is 1.26 bits per heavy atom. The van der Waals surface area contributed by atoms with Gasteiger partial charge in [0.15, 0.2) is 0 Å². The normalized spacial score (nSPS) is 20.1. The maximum Gasteiger partial charge on any atom is 0.250 e. The zero-order valence-corrected chi connectivity index (χ0v) is 22.8. The molecule has 7 heteroatoms. The molecule has 1 aliphatic heterocycles. The number of carbonyl (C=O) groups excluding carboxylic acids is 1. The summed E-state index contributed by atoms with van der Waals surface area (Å²) < 4.78 is 8.21. The zero-order chi connectivity index (χ0) is 24.9. The number of benzene rings is 1. The number of nitrogens with zero attached hydrogens (tertiary/aromatic N) is 2. The lowest BCUT2D eigenvalue weighted by atomic mass is 9.80. The summed E-state index contributed by atoms with van der Waals surface area (Å²) in [6.07, 6.45) is 6.77. The molecular formula is C28H38BrN3O3. The number of halogens is 1. The quantitative estimate of drug-likeness (QED) is 0.453. The fraction of sp³-hybridized carbons (Fsp3) is 0.571. The third-order valence-corrected chi connectivity index (χ3v) is 8.25. The van der Waals surface area contributed by atoms with Crippen molar-refractivity contribution in [3.63, 3.8) is 0 Å². The van der Waals surface area contributed by atoms with E-state index in [9.17, 15) is 9.59 Å². The van der Waals surface area contributed by atoms with Crippen molar-refractivity contribution >= 4 is 21.8 Å². The van der Waals surface area contributed by atoms with Gasteiger partial charge in [-0.05, 0) is 92.8 Å². The van der Waals surface area contributed by atoms with Gasteiger partial charge >= 0.3 is 0 Å². The fourth-order valence-electron chi connectivity index (χ4n) is 5.15. The van der Waals surface area contributed by atoms with Crippen LogP contribution in [0.25, 0.3) is 0 Å². The van der Waals surface area contributed by atoms with E-state index in [0.717, 1.165) is 61.9 Å². The predicted molar refractivity (Wildman–Crippen MR) is 143 cm³/mol. The Morgan fingerprint density at radius 2 is 2.06 bits per heavy atom. The van der Waals surface area contributed by atoms with Crippen molar-refractivity contribution in [1.82, 2.24) is 14.8 Å². The van der Waals surface area contributed by atoms with Crippen molar-refractivity contribution in [3.05, 3.63) is 67.5 Å². The second-order valence-electron chi connectivity index (χ2n) is 9.97. The molecule has 0 spiro atoms. The van der Waals surface area contributed by atoms with Crippen molar-refractivity contribution in [2.24, 2.45) is 13.0 Å². The number of rotatable bonds is 10. The van der Waals surface area contributed by atoms with Crippen LogP contribution in [0.4, 0.5) is 0 Å². The molecule has 4 rings (SSSR count). The summed E-state index contributed by atoms with van der Waals surface area (Å²) in [7, 11) is 1.76. The molecule has 2 atom stereocenters. The highest BCUT2D eigenvalue weighted by atomic mass is 79.9. The first-order valence-corrected chi connectivity index (χ1v) is 13.7. The van der Waals surface area contributed by atoms with E-state index in [1.807, 2.05) is 19.2 Å². The summed E-state index contributed by atoms with van der Waals surface area (Å²) >= 11 is 3.75. The largest absolute Gasteiger partial charge is 0.382 e. The van der Waals surface area contributed by atoms with E-state index < -0.39 is 0 Å². The average Bonchev–Trinajstić information content (AvgIpc) is 3.70. The number of nitrogens with one attached hydrogen (secondary N) is 1. The highest BCUT2D eigenvalue weighted by Crippen LogP contribution is 2.36. The zero-order valence-electron chi connectivity index (χ0n) is 21.2. The molecular weight excluding hydrogens is 506 g/mol. The number of carbonyl (C=O) groups is 1. The molecule has 2 aromatic rings. The summed E-state index contributed by atoms with van der Waals surface area (Å²) in [6, 6.07) is 8.47. The lowest BCUT2D eigenvalue weighted by Gasteiger charge is -2.36. The summed E-state index contributed by atoms with van der Waals surface area (Å²) in [5, 5.41) is 3.43. The first kappa shape index (κ1) is 26.1. The Morgan fingerprint density at radius 3 is 2.77 bits per heavy atom. The molecule has 2 fully saturated rings. The van der Waals surface area contributed by atoms with Gasteiger partial charge in [-0.3, -0.25) is 9.59 Å². The Hall–Kier alpha value is -1.96. The van der Waals surface area contributed by atoms with Gasteiger partial charge in [-0.2, -0.15) is 0 Å². The summed E-state index contributed by atoms with van der Waals surface area (Å²) in [4.78, 5) is 28.4. The second kappa shape index (κ2) is 11.8. The number of pyridine rings is 1. The highest BCUT2D eigenvalue weighted by molar-refractivity contribution is 9.10. The van der Waals surface area contributed by atoms with Crippen LogP contribution in [0.1, 0.15) is 60.8 Å². The topological polar surface area (TPSA) is 63.6 Å². The van der Waals surface area contributed by atoms with Gasteiger partial charge in [0, 0.05) is 56.1 Å². The molecule has 1 saturated heterocycles. The van der Waals surface area contributed by atoms with E-state index in [1.54, 1.807) is 17.7 Å². The Bertz CT molecular complexity index is 1100. The van der Waals surface area contributed by atoms with Crippen LogP contribution in [0.15, 0.2) is 39.7 Å². The molecule has 1 amide bonds. The molecule has 1 aromatic heterocycles. The average molecular weight is 545 g/mol. The molecule has 2 heterocycles. The minimum Gasteiger partial charge on any atom is -0.382 e. The maximum atomic E-state index is 14.0. The van der Waals surface area contributed by atoms with Gasteiger partial charge < -0.3 is 19.5 Å². The van der Waals surface area contributed by atoms with Crippen LogP contribution in [0, 0.1) is 12.8 Å². The van der Waals surface area contributed by atoms with Crippen molar-refractivity contribution in [2.45, 2.75) is 64.5 Å². The summed E-state index contributed by atoms with van der Waals surface area (Å²) in [6.45, 7) is 7.83. The van der Waals surface area contributed by atoms with E-state index in [2.05, 4.69) is 45.2 Å². The molecule has 190 valence electrons. The second-order valence-corrected chi connectivity index (χ2v) is 10.8. The van der Waals surface area contributed by atoms with Gasteiger partial charge in [0.1, 0.15) is 0 Å². The first-order chi connectivity index (χ1) is 16.9. The molecule has 35 heavy (non-hydrogen) atoms. The van der Waals surface area contributed by atoms with Crippen molar-refractivity contribution < 1.29 is 9.53 Å². The minimum atomic E-state index is -0.156. The minimum absolute atomic E-state index is 0.0207. The molecule has 1 saturated carbocycles. The van der Waals surface area contributed by atoms with E-state index in [-0.39, 0.29) is 23.3 Å². The van der Waals surface area contributed by atoms with Crippen LogP contribution in [0.5, 0.6) is 0 Å². The van der Waals surface area contributed by atoms with Gasteiger partial charge in [0.05, 0.1) is 5.92 Å². The third-order valence-electron chi connectivity index (χ3n) is 7.43. The lowest BCUT2D eigenvalue weighted by molar-refractivity contribution is -0.138. The molecule has 1 aliphatic carbocycles. The number of aromatic nitrogens is 1. The smallest absolute Gasteiger partial charge is 0.250 e. The van der Waals surface area contributed by atoms with Gasteiger partial charge in [0.25, 0.3) is 5.56 Å². The molecule has 2 aliphatic rings. The van der Waals surface area contributed by atoms with Gasteiger partial charge in [0.2, 0.25) is 5.91 Å². The predicted octanol–water partition coefficient (Wildman–Crippen LogP) is 4.31. The summed E-state index contributed by atoms with van der Waals surface area (Å²) in [5.41, 5.74) is 4.71. The SMILES string of the molecule is CCOCCCc1cc(CN(C(=O)[C@@H]2CNCC[C@H]2c2ccn(C)c(=O)c2)C2CC2)cc(Br)c1C. The Labute approximate surface area is 217 Å². The van der Waals surface area contributed by atoms with Gasteiger partial charge in [-0.1, -0.05) is 22.0 Å². The Balaban J connectivity index is 1.54. The van der Waals surface area contributed by atoms with Crippen LogP contribution >= 0.6 is 15.9 Å². The van der Waals surface area contributed by atoms with E-state index in [0.29, 0.717) is 19.1 Å². The third kappa shape index (κ3) is 6.43. The highest BCUT2D eigenvalue weighted by Gasteiger charge is 2.40. The van der Waals surface area contributed by atoms with Crippen LogP contribution in [-0.4, -0.2) is 47.7 Å². The number of amides is 1. The Kier molecular flexibility index (Phi) is 8.84. The van der Waals surface area contributed by atoms with Crippen molar-refractivity contribution in [2.75, 3.05) is 26.3 Å². The summed E-state index contributed by atoms with van der Waals surface area (Å²) in [5.74, 6) is 0.119.